The number of methoxy groups -OCH3 is 1. The number of carbonyl (C=O) groups excluding carboxylic acids is 1. The third-order valence-corrected chi connectivity index (χ3v) is 6.56. The molecule has 1 heterocycles. The molecule has 1 amide bonds. The summed E-state index contributed by atoms with van der Waals surface area (Å²) < 4.78 is 32.8. The lowest BCUT2D eigenvalue weighted by Gasteiger charge is -2.22. The average molecular weight is 440 g/mol. The molecule has 0 aliphatic carbocycles. The Hall–Kier alpha value is -3.23. The number of carbonyl (C=O) groups is 1. The van der Waals surface area contributed by atoms with Gasteiger partial charge in [0, 0.05) is 24.6 Å². The lowest BCUT2D eigenvalue weighted by molar-refractivity contribution is -0.116. The zero-order valence-corrected chi connectivity index (χ0v) is 18.3. The predicted octanol–water partition coefficient (Wildman–Crippen LogP) is 3.48. The largest absolute Gasteiger partial charge is 0.497 e. The highest BCUT2D eigenvalue weighted by Crippen LogP contribution is 2.20. The Bertz CT molecular complexity index is 1120. The smallest absolute Gasteiger partial charge is 0.245 e. The number of aryl methyl sites for hydroxylation is 1. The summed E-state index contributed by atoms with van der Waals surface area (Å²) in [6.07, 6.45) is 3.53. The van der Waals surface area contributed by atoms with Gasteiger partial charge in [0.1, 0.15) is 10.6 Å². The normalized spacial score (nSPS) is 11.3. The van der Waals surface area contributed by atoms with Crippen LogP contribution in [0.25, 0.3) is 0 Å². The Morgan fingerprint density at radius 2 is 1.81 bits per heavy atom. The predicted molar refractivity (Wildman–Crippen MR) is 119 cm³/mol. The first kappa shape index (κ1) is 22.5. The molecule has 3 aromatic rings. The van der Waals surface area contributed by atoms with Crippen molar-refractivity contribution in [2.24, 2.45) is 0 Å². The minimum absolute atomic E-state index is 0.0318. The van der Waals surface area contributed by atoms with Crippen molar-refractivity contribution in [2.45, 2.75) is 24.8 Å². The van der Waals surface area contributed by atoms with Gasteiger partial charge in [-0.3, -0.25) is 9.78 Å². The number of hydrogen-bond acceptors (Lipinski definition) is 5. The molecule has 0 fully saturated rings. The van der Waals surface area contributed by atoms with Crippen molar-refractivity contribution in [3.63, 3.8) is 0 Å². The van der Waals surface area contributed by atoms with Crippen molar-refractivity contribution in [3.8, 4) is 5.75 Å². The van der Waals surface area contributed by atoms with Gasteiger partial charge in [0.05, 0.1) is 13.7 Å². The van der Waals surface area contributed by atoms with Crippen LogP contribution in [0, 0.1) is 0 Å². The van der Waals surface area contributed by atoms with Crippen LogP contribution in [0.1, 0.15) is 18.1 Å². The molecule has 0 saturated heterocycles. The van der Waals surface area contributed by atoms with E-state index in [-0.39, 0.29) is 18.0 Å². The van der Waals surface area contributed by atoms with Crippen LogP contribution in [0.15, 0.2) is 78.0 Å². The van der Waals surface area contributed by atoms with E-state index in [9.17, 15) is 13.2 Å². The third kappa shape index (κ3) is 5.68. The Morgan fingerprint density at radius 3 is 2.45 bits per heavy atom. The first-order valence-electron chi connectivity index (χ1n) is 9.85. The van der Waals surface area contributed by atoms with E-state index in [1.165, 1.54) is 18.5 Å². The van der Waals surface area contributed by atoms with E-state index >= 15 is 0 Å². The standard InChI is InChI=1S/C23H25N3O4S/c1-3-19-7-4-5-9-22(19)25-23(27)17-26(16-18-10-12-20(30-2)13-11-18)31(28,29)21-8-6-14-24-15-21/h4-15H,3,16-17H2,1-2H3,(H,25,27). The number of nitrogens with one attached hydrogen (secondary N) is 1. The van der Waals surface area contributed by atoms with Crippen LogP contribution in [0.3, 0.4) is 0 Å². The topological polar surface area (TPSA) is 88.6 Å². The van der Waals surface area contributed by atoms with Crippen LogP contribution in [-0.4, -0.2) is 37.3 Å². The van der Waals surface area contributed by atoms with Gasteiger partial charge in [0.2, 0.25) is 15.9 Å². The molecule has 0 unspecified atom stereocenters. The Balaban J connectivity index is 1.86. The number of anilines is 1. The number of benzene rings is 2. The summed E-state index contributed by atoms with van der Waals surface area (Å²) in [5, 5.41) is 2.84. The Labute approximate surface area is 182 Å². The third-order valence-electron chi connectivity index (χ3n) is 4.78. The van der Waals surface area contributed by atoms with E-state index < -0.39 is 15.9 Å². The van der Waals surface area contributed by atoms with E-state index in [1.807, 2.05) is 25.1 Å². The van der Waals surface area contributed by atoms with Crippen LogP contribution in [0.4, 0.5) is 5.69 Å². The van der Waals surface area contributed by atoms with Crippen LogP contribution in [0.5, 0.6) is 5.75 Å². The number of hydrogen-bond donors (Lipinski definition) is 1. The lowest BCUT2D eigenvalue weighted by Crippen LogP contribution is -2.37. The van der Waals surface area contributed by atoms with Crippen molar-refractivity contribution >= 4 is 21.6 Å². The van der Waals surface area contributed by atoms with Gasteiger partial charge in [-0.25, -0.2) is 8.42 Å². The fourth-order valence-corrected chi connectivity index (χ4v) is 4.46. The van der Waals surface area contributed by atoms with Crippen LogP contribution in [0.2, 0.25) is 0 Å². The summed E-state index contributed by atoms with van der Waals surface area (Å²) in [6, 6.07) is 17.5. The minimum atomic E-state index is -3.94. The molecule has 31 heavy (non-hydrogen) atoms. The maximum atomic E-state index is 13.3. The zero-order valence-electron chi connectivity index (χ0n) is 17.5. The van der Waals surface area contributed by atoms with Crippen LogP contribution < -0.4 is 10.1 Å². The zero-order chi connectivity index (χ0) is 22.3. The number of ether oxygens (including phenoxy) is 1. The monoisotopic (exact) mass is 439 g/mol. The summed E-state index contributed by atoms with van der Waals surface area (Å²) in [4.78, 5) is 16.7. The second-order valence-corrected chi connectivity index (χ2v) is 8.81. The van der Waals surface area contributed by atoms with Crippen LogP contribution in [-0.2, 0) is 27.8 Å². The van der Waals surface area contributed by atoms with Gasteiger partial charge in [-0.05, 0) is 47.9 Å². The van der Waals surface area contributed by atoms with Gasteiger partial charge in [0.15, 0.2) is 0 Å². The first-order valence-corrected chi connectivity index (χ1v) is 11.3. The molecule has 0 bridgehead atoms. The van der Waals surface area contributed by atoms with E-state index in [1.54, 1.807) is 43.5 Å². The summed E-state index contributed by atoms with van der Waals surface area (Å²) in [6.45, 7) is 1.69. The van der Waals surface area contributed by atoms with E-state index in [4.69, 9.17) is 4.74 Å². The summed E-state index contributed by atoms with van der Waals surface area (Å²) in [7, 11) is -2.38. The lowest BCUT2D eigenvalue weighted by atomic mass is 10.1. The molecule has 162 valence electrons. The molecule has 1 aromatic heterocycles. The molecule has 0 spiro atoms. The second kappa shape index (κ2) is 10.2. The number of aromatic nitrogens is 1. The summed E-state index contributed by atoms with van der Waals surface area (Å²) >= 11 is 0. The molecule has 3 rings (SSSR count). The SMILES string of the molecule is CCc1ccccc1NC(=O)CN(Cc1ccc(OC)cc1)S(=O)(=O)c1cccnc1. The van der Waals surface area contributed by atoms with Gasteiger partial charge in [0.25, 0.3) is 0 Å². The van der Waals surface area contributed by atoms with Crippen LogP contribution >= 0.6 is 0 Å². The number of nitrogens with zero attached hydrogens (tertiary/aromatic N) is 2. The van der Waals surface area contributed by atoms with E-state index in [0.717, 1.165) is 21.9 Å². The number of pyridine rings is 1. The number of rotatable bonds is 9. The van der Waals surface area contributed by atoms with Crippen molar-refractivity contribution in [2.75, 3.05) is 19.0 Å². The molecule has 0 atom stereocenters. The van der Waals surface area contributed by atoms with Crippen molar-refractivity contribution in [1.82, 2.24) is 9.29 Å². The Morgan fingerprint density at radius 1 is 1.06 bits per heavy atom. The molecule has 0 aliphatic heterocycles. The van der Waals surface area contributed by atoms with Gasteiger partial charge >= 0.3 is 0 Å². The van der Waals surface area contributed by atoms with E-state index in [0.29, 0.717) is 11.4 Å². The first-order chi connectivity index (χ1) is 14.9. The molecule has 2 aromatic carbocycles. The quantitative estimate of drug-likeness (QED) is 0.551. The molecule has 0 saturated carbocycles. The maximum absolute atomic E-state index is 13.3. The highest BCUT2D eigenvalue weighted by atomic mass is 32.2. The van der Waals surface area contributed by atoms with E-state index in [2.05, 4.69) is 10.3 Å². The minimum Gasteiger partial charge on any atom is -0.497 e. The fraction of sp³-hybridized carbons (Fsp3) is 0.217. The molecular formula is C23H25N3O4S. The number of sulfonamides is 1. The number of amides is 1. The molecule has 0 radical (unpaired) electrons. The van der Waals surface area contributed by atoms with Gasteiger partial charge in [-0.2, -0.15) is 4.31 Å². The molecule has 1 N–H and O–H groups in total. The molecule has 8 heteroatoms. The molecule has 7 nitrogen and oxygen atoms in total. The van der Waals surface area contributed by atoms with Crippen molar-refractivity contribution in [1.29, 1.82) is 0 Å². The number of para-hydroxylation sites is 1. The summed E-state index contributed by atoms with van der Waals surface area (Å²) in [5.41, 5.74) is 2.39. The van der Waals surface area contributed by atoms with Gasteiger partial charge in [-0.1, -0.05) is 37.3 Å². The average Bonchev–Trinajstić information content (AvgIpc) is 2.80. The maximum Gasteiger partial charge on any atom is 0.245 e. The van der Waals surface area contributed by atoms with Gasteiger partial charge in [-0.15, -0.1) is 0 Å². The van der Waals surface area contributed by atoms with Gasteiger partial charge < -0.3 is 10.1 Å². The van der Waals surface area contributed by atoms with Crippen molar-refractivity contribution < 1.29 is 17.9 Å². The molecule has 0 aliphatic rings. The molecular weight excluding hydrogens is 414 g/mol. The Kier molecular flexibility index (Phi) is 7.38. The van der Waals surface area contributed by atoms with Crippen molar-refractivity contribution in [3.05, 3.63) is 84.2 Å². The second-order valence-electron chi connectivity index (χ2n) is 6.87. The highest BCUT2D eigenvalue weighted by molar-refractivity contribution is 7.89. The summed E-state index contributed by atoms with van der Waals surface area (Å²) in [5.74, 6) is 0.251. The fourth-order valence-electron chi connectivity index (χ4n) is 3.11. The highest BCUT2D eigenvalue weighted by Gasteiger charge is 2.27.